The predicted molar refractivity (Wildman–Crippen MR) is 98.7 cm³/mol. The highest BCUT2D eigenvalue weighted by Crippen LogP contribution is 2.20. The number of carbonyl (C=O) groups excluding carboxylic acids is 1. The maximum atomic E-state index is 13.5. The second-order valence-corrected chi connectivity index (χ2v) is 6.75. The van der Waals surface area contributed by atoms with Gasteiger partial charge < -0.3 is 15.1 Å². The largest absolute Gasteiger partial charge is 0.353 e. The molecule has 3 rings (SSSR count). The number of amides is 2. The van der Waals surface area contributed by atoms with E-state index in [0.29, 0.717) is 12.1 Å². The molecule has 0 unspecified atom stereocenters. The summed E-state index contributed by atoms with van der Waals surface area (Å²) in [4.78, 5) is 16.3. The summed E-state index contributed by atoms with van der Waals surface area (Å²) < 4.78 is 13.5. The number of anilines is 1. The number of hydrogen-bond acceptors (Lipinski definition) is 4. The maximum absolute atomic E-state index is 13.5. The normalized spacial score (nSPS) is 17.0. The van der Waals surface area contributed by atoms with Gasteiger partial charge in [0.2, 0.25) is 0 Å². The Hall–Kier alpha value is -2.41. The van der Waals surface area contributed by atoms with Gasteiger partial charge in [-0.2, -0.15) is 5.10 Å². The number of likely N-dealkylation sites (N-methyl/N-ethyl adjacent to an activating group) is 1. The van der Waals surface area contributed by atoms with Crippen molar-refractivity contribution in [3.8, 4) is 0 Å². The minimum atomic E-state index is -0.487. The summed E-state index contributed by atoms with van der Waals surface area (Å²) in [6.45, 7) is 1.85. The lowest BCUT2D eigenvalue weighted by Crippen LogP contribution is -2.51. The van der Waals surface area contributed by atoms with E-state index in [1.165, 1.54) is 12.1 Å². The molecule has 0 radical (unpaired) electrons. The highest BCUT2D eigenvalue weighted by molar-refractivity contribution is 6.30. The molecule has 1 N–H and O–H groups in total. The average Bonchev–Trinajstić information content (AvgIpc) is 2.69. The Morgan fingerprint density at radius 2 is 2.31 bits per heavy atom. The van der Waals surface area contributed by atoms with Gasteiger partial charge in [-0.15, -0.1) is 5.10 Å². The summed E-state index contributed by atoms with van der Waals surface area (Å²) >= 11 is 5.67. The number of carbonyl (C=O) groups is 1. The third-order valence-corrected chi connectivity index (χ3v) is 4.88. The highest BCUT2D eigenvalue weighted by atomic mass is 35.5. The van der Waals surface area contributed by atoms with Gasteiger partial charge in [-0.25, -0.2) is 9.18 Å². The molecule has 1 aromatic heterocycles. The van der Waals surface area contributed by atoms with Gasteiger partial charge in [-0.1, -0.05) is 17.7 Å². The molecule has 0 spiro atoms. The fourth-order valence-corrected chi connectivity index (χ4v) is 3.18. The minimum Gasteiger partial charge on any atom is -0.353 e. The van der Waals surface area contributed by atoms with Crippen LogP contribution in [0.1, 0.15) is 18.4 Å². The van der Waals surface area contributed by atoms with Crippen LogP contribution in [-0.2, 0) is 6.54 Å². The molecule has 1 atom stereocenters. The third-order valence-electron chi connectivity index (χ3n) is 4.57. The number of aromatic nitrogens is 2. The van der Waals surface area contributed by atoms with Crippen molar-refractivity contribution in [1.29, 1.82) is 0 Å². The van der Waals surface area contributed by atoms with Crippen LogP contribution in [0.25, 0.3) is 0 Å². The highest BCUT2D eigenvalue weighted by Gasteiger charge is 2.26. The molecule has 1 aliphatic rings. The molecule has 8 heteroatoms. The SMILES string of the molecule is CN(C(=O)NCc1ccc(Cl)c(F)c1)[C@@H]1CCCN(c2cccnn2)C1. The van der Waals surface area contributed by atoms with Crippen molar-refractivity contribution in [2.45, 2.75) is 25.4 Å². The molecular formula is C18H21ClFN5O. The molecule has 6 nitrogen and oxygen atoms in total. The summed E-state index contributed by atoms with van der Waals surface area (Å²) in [7, 11) is 1.78. The van der Waals surface area contributed by atoms with E-state index in [1.54, 1.807) is 24.2 Å². The van der Waals surface area contributed by atoms with Crippen molar-refractivity contribution in [1.82, 2.24) is 20.4 Å². The van der Waals surface area contributed by atoms with Gasteiger partial charge in [-0.05, 0) is 42.7 Å². The van der Waals surface area contributed by atoms with Crippen molar-refractivity contribution in [2.75, 3.05) is 25.0 Å². The molecule has 1 fully saturated rings. The van der Waals surface area contributed by atoms with Crippen LogP contribution in [0.3, 0.4) is 0 Å². The molecule has 0 bridgehead atoms. The summed E-state index contributed by atoms with van der Waals surface area (Å²) in [6.07, 6.45) is 3.54. The molecule has 0 saturated carbocycles. The Balaban J connectivity index is 1.56. The Kier molecular flexibility index (Phi) is 5.88. The first-order valence-corrected chi connectivity index (χ1v) is 8.89. The zero-order valence-corrected chi connectivity index (χ0v) is 15.3. The van der Waals surface area contributed by atoms with E-state index in [-0.39, 0.29) is 23.6 Å². The number of nitrogens with zero attached hydrogens (tertiary/aromatic N) is 4. The van der Waals surface area contributed by atoms with Crippen LogP contribution < -0.4 is 10.2 Å². The first kappa shape index (κ1) is 18.4. The first-order chi connectivity index (χ1) is 12.5. The van der Waals surface area contributed by atoms with Gasteiger partial charge in [0.15, 0.2) is 5.82 Å². The van der Waals surface area contributed by atoms with Crippen LogP contribution in [0.15, 0.2) is 36.5 Å². The standard InChI is InChI=1S/C18H21ClFN5O/c1-24(18(26)21-11-13-6-7-15(19)16(20)10-13)14-4-3-9-25(12-14)17-5-2-8-22-23-17/h2,5-8,10,14H,3-4,9,11-12H2,1H3,(H,21,26)/t14-/m1/s1. The molecule has 26 heavy (non-hydrogen) atoms. The topological polar surface area (TPSA) is 61.4 Å². The van der Waals surface area contributed by atoms with E-state index < -0.39 is 5.82 Å². The van der Waals surface area contributed by atoms with E-state index in [2.05, 4.69) is 20.4 Å². The van der Waals surface area contributed by atoms with Gasteiger partial charge in [-0.3, -0.25) is 0 Å². The van der Waals surface area contributed by atoms with Crippen molar-refractivity contribution < 1.29 is 9.18 Å². The predicted octanol–water partition coefficient (Wildman–Crippen LogP) is 3.08. The van der Waals surface area contributed by atoms with E-state index >= 15 is 0 Å². The molecule has 1 aliphatic heterocycles. The molecule has 2 heterocycles. The number of nitrogens with one attached hydrogen (secondary N) is 1. The number of halogens is 2. The fourth-order valence-electron chi connectivity index (χ4n) is 3.06. The Bertz CT molecular complexity index is 761. The third kappa shape index (κ3) is 4.40. The second kappa shape index (κ2) is 8.31. The Labute approximate surface area is 157 Å². The van der Waals surface area contributed by atoms with Crippen LogP contribution >= 0.6 is 11.6 Å². The molecule has 0 aliphatic carbocycles. The van der Waals surface area contributed by atoms with E-state index in [0.717, 1.165) is 25.2 Å². The second-order valence-electron chi connectivity index (χ2n) is 6.34. The lowest BCUT2D eigenvalue weighted by molar-refractivity contribution is 0.182. The zero-order valence-electron chi connectivity index (χ0n) is 14.5. The van der Waals surface area contributed by atoms with Crippen molar-refractivity contribution in [2.24, 2.45) is 0 Å². The van der Waals surface area contributed by atoms with Crippen LogP contribution in [0.4, 0.5) is 15.0 Å². The molecule has 2 aromatic rings. The molecular weight excluding hydrogens is 357 g/mol. The Morgan fingerprint density at radius 1 is 1.46 bits per heavy atom. The average molecular weight is 378 g/mol. The van der Waals surface area contributed by atoms with Crippen LogP contribution in [0.2, 0.25) is 5.02 Å². The maximum Gasteiger partial charge on any atom is 0.317 e. The van der Waals surface area contributed by atoms with Crippen LogP contribution in [0.5, 0.6) is 0 Å². The summed E-state index contributed by atoms with van der Waals surface area (Å²) in [5, 5.41) is 11.0. The summed E-state index contributed by atoms with van der Waals surface area (Å²) in [6, 6.07) is 8.18. The molecule has 2 amide bonds. The van der Waals surface area contributed by atoms with Gasteiger partial charge in [0.05, 0.1) is 11.1 Å². The summed E-state index contributed by atoms with van der Waals surface area (Å²) in [5.41, 5.74) is 0.665. The molecule has 1 aromatic carbocycles. The Morgan fingerprint density at radius 3 is 3.04 bits per heavy atom. The zero-order chi connectivity index (χ0) is 18.5. The van der Waals surface area contributed by atoms with Crippen molar-refractivity contribution in [3.63, 3.8) is 0 Å². The van der Waals surface area contributed by atoms with E-state index in [9.17, 15) is 9.18 Å². The van der Waals surface area contributed by atoms with E-state index in [1.807, 2.05) is 12.1 Å². The van der Waals surface area contributed by atoms with Crippen molar-refractivity contribution >= 4 is 23.4 Å². The monoisotopic (exact) mass is 377 g/mol. The smallest absolute Gasteiger partial charge is 0.317 e. The van der Waals surface area contributed by atoms with Gasteiger partial charge >= 0.3 is 6.03 Å². The summed E-state index contributed by atoms with van der Waals surface area (Å²) in [5.74, 6) is 0.335. The van der Waals surface area contributed by atoms with Gasteiger partial charge in [0.25, 0.3) is 0 Å². The number of hydrogen-bond donors (Lipinski definition) is 1. The first-order valence-electron chi connectivity index (χ1n) is 8.52. The van der Waals surface area contributed by atoms with Crippen molar-refractivity contribution in [3.05, 3.63) is 52.9 Å². The number of rotatable bonds is 4. The quantitative estimate of drug-likeness (QED) is 0.889. The van der Waals surface area contributed by atoms with Crippen LogP contribution in [-0.4, -0.2) is 47.3 Å². The lowest BCUT2D eigenvalue weighted by atomic mass is 10.0. The number of urea groups is 1. The van der Waals surface area contributed by atoms with Gasteiger partial charge in [0.1, 0.15) is 5.82 Å². The number of piperidine rings is 1. The number of benzene rings is 1. The lowest BCUT2D eigenvalue weighted by Gasteiger charge is -2.37. The minimum absolute atomic E-state index is 0.0727. The van der Waals surface area contributed by atoms with E-state index in [4.69, 9.17) is 11.6 Å². The molecule has 138 valence electrons. The van der Waals surface area contributed by atoms with Crippen LogP contribution in [0, 0.1) is 5.82 Å². The fraction of sp³-hybridized carbons (Fsp3) is 0.389. The van der Waals surface area contributed by atoms with Gasteiger partial charge in [0, 0.05) is 32.9 Å². The molecule has 1 saturated heterocycles.